The van der Waals surface area contributed by atoms with E-state index >= 15 is 0 Å². The first-order chi connectivity index (χ1) is 6.67. The highest BCUT2D eigenvalue weighted by Gasteiger charge is 2.87. The lowest BCUT2D eigenvalue weighted by Crippen LogP contribution is -2.36. The Morgan fingerprint density at radius 3 is 2.36 bits per heavy atom. The van der Waals surface area contributed by atoms with Crippen molar-refractivity contribution in [3.05, 3.63) is 0 Å². The van der Waals surface area contributed by atoms with Gasteiger partial charge in [-0.15, -0.1) is 0 Å². The number of rotatable bonds is 2. The second-order valence-corrected chi connectivity index (χ2v) is 7.74. The molecule has 0 heteroatoms. The molecule has 4 unspecified atom stereocenters. The van der Waals surface area contributed by atoms with Gasteiger partial charge in [0.05, 0.1) is 0 Å². The fraction of sp³-hybridized carbons (Fsp3) is 1.00. The van der Waals surface area contributed by atoms with Crippen LogP contribution in [0, 0.1) is 34.0 Å². The molecule has 0 aromatic rings. The summed E-state index contributed by atoms with van der Waals surface area (Å²) in [6, 6.07) is 0. The van der Waals surface area contributed by atoms with Crippen molar-refractivity contribution in [2.75, 3.05) is 0 Å². The summed E-state index contributed by atoms with van der Waals surface area (Å²) in [5.74, 6) is 3.58. The van der Waals surface area contributed by atoms with Crippen molar-refractivity contribution >= 4 is 0 Å². The van der Waals surface area contributed by atoms with Gasteiger partial charge in [0.25, 0.3) is 0 Å². The molecule has 0 nitrogen and oxygen atoms in total. The van der Waals surface area contributed by atoms with E-state index in [1.165, 1.54) is 17.8 Å². The molecule has 0 N–H and O–H groups in total. The van der Waals surface area contributed by atoms with Crippen LogP contribution in [0.1, 0.15) is 51.9 Å². The smallest absolute Gasteiger partial charge is 0.0222 e. The molecule has 0 heterocycles. The highest BCUT2D eigenvalue weighted by molar-refractivity contribution is 5.36. The third kappa shape index (κ3) is 0.537. The molecule has 0 aromatic carbocycles. The fourth-order valence-electron chi connectivity index (χ4n) is 6.46. The molecule has 0 amide bonds. The standard InChI is InChI=1S/C14H20/c1-12-6-10(12)14(7-11(12)14)8-13-3-2-9(4-13)5-13/h9-11H,2-8H2,1H3. The van der Waals surface area contributed by atoms with E-state index in [4.69, 9.17) is 0 Å². The summed E-state index contributed by atoms with van der Waals surface area (Å²) >= 11 is 0. The number of hydrogen-bond donors (Lipinski definition) is 0. The normalized spacial score (nSPS) is 75.6. The van der Waals surface area contributed by atoms with Crippen LogP contribution in [-0.4, -0.2) is 0 Å². The van der Waals surface area contributed by atoms with Crippen LogP contribution in [0.3, 0.4) is 0 Å². The van der Waals surface area contributed by atoms with Gasteiger partial charge in [0.1, 0.15) is 0 Å². The molecule has 6 fully saturated rings. The maximum absolute atomic E-state index is 2.56. The van der Waals surface area contributed by atoms with Crippen LogP contribution in [0.15, 0.2) is 0 Å². The molecule has 76 valence electrons. The molecule has 14 heavy (non-hydrogen) atoms. The first kappa shape index (κ1) is 7.30. The highest BCUT2D eigenvalue weighted by atomic mass is 14.9. The van der Waals surface area contributed by atoms with Crippen molar-refractivity contribution in [1.29, 1.82) is 0 Å². The lowest BCUT2D eigenvalue weighted by Gasteiger charge is -2.45. The summed E-state index contributed by atoms with van der Waals surface area (Å²) in [6.45, 7) is 2.56. The van der Waals surface area contributed by atoms with Gasteiger partial charge in [-0.25, -0.2) is 0 Å². The van der Waals surface area contributed by atoms with Crippen LogP contribution in [0.2, 0.25) is 0 Å². The van der Waals surface area contributed by atoms with E-state index in [0.29, 0.717) is 0 Å². The highest BCUT2D eigenvalue weighted by Crippen LogP contribution is 2.94. The maximum atomic E-state index is 2.56. The Balaban J connectivity index is 1.42. The van der Waals surface area contributed by atoms with Gasteiger partial charge in [-0.2, -0.15) is 0 Å². The zero-order valence-electron chi connectivity index (χ0n) is 9.18. The van der Waals surface area contributed by atoms with Crippen molar-refractivity contribution in [1.82, 2.24) is 0 Å². The van der Waals surface area contributed by atoms with E-state index in [0.717, 1.165) is 16.2 Å². The topological polar surface area (TPSA) is 0 Å². The summed E-state index contributed by atoms with van der Waals surface area (Å²) in [5.41, 5.74) is 2.74. The van der Waals surface area contributed by atoms with E-state index in [1.54, 1.807) is 44.9 Å². The summed E-state index contributed by atoms with van der Waals surface area (Å²) in [5, 5.41) is 0. The van der Waals surface area contributed by atoms with Crippen LogP contribution < -0.4 is 0 Å². The Bertz CT molecular complexity index is 322. The molecule has 4 atom stereocenters. The average Bonchev–Trinajstić information content (AvgIpc) is 2.79. The number of fused-ring (bicyclic) bond motifs is 5. The van der Waals surface area contributed by atoms with Gasteiger partial charge < -0.3 is 0 Å². The third-order valence-corrected chi connectivity index (χ3v) is 7.12. The molecule has 0 aromatic heterocycles. The van der Waals surface area contributed by atoms with Crippen LogP contribution in [0.5, 0.6) is 0 Å². The summed E-state index contributed by atoms with van der Waals surface area (Å²) in [6.07, 6.45) is 11.4. The van der Waals surface area contributed by atoms with Crippen LogP contribution in [0.25, 0.3) is 0 Å². The van der Waals surface area contributed by atoms with E-state index in [-0.39, 0.29) is 0 Å². The Hall–Kier alpha value is 0. The molecule has 6 saturated carbocycles. The van der Waals surface area contributed by atoms with Gasteiger partial charge in [-0.1, -0.05) is 6.92 Å². The van der Waals surface area contributed by atoms with Crippen LogP contribution in [0.4, 0.5) is 0 Å². The summed E-state index contributed by atoms with van der Waals surface area (Å²) in [4.78, 5) is 0. The minimum atomic E-state index is 0.887. The molecule has 0 aliphatic heterocycles. The second kappa shape index (κ2) is 1.62. The first-order valence-electron chi connectivity index (χ1n) is 6.67. The predicted octanol–water partition coefficient (Wildman–Crippen LogP) is 3.61. The molecule has 0 spiro atoms. The Labute approximate surface area is 86.5 Å². The van der Waals surface area contributed by atoms with Crippen LogP contribution in [-0.2, 0) is 0 Å². The molecule has 6 rings (SSSR count). The summed E-state index contributed by atoms with van der Waals surface area (Å²) < 4.78 is 0. The minimum absolute atomic E-state index is 0.887. The minimum Gasteiger partial charge on any atom is -0.0591 e. The molecular formula is C14H20. The van der Waals surface area contributed by atoms with Crippen molar-refractivity contribution in [3.8, 4) is 0 Å². The largest absolute Gasteiger partial charge is 0.0591 e. The molecule has 6 aliphatic rings. The first-order valence-corrected chi connectivity index (χ1v) is 6.67. The van der Waals surface area contributed by atoms with E-state index in [9.17, 15) is 0 Å². The summed E-state index contributed by atoms with van der Waals surface area (Å²) in [7, 11) is 0. The third-order valence-electron chi connectivity index (χ3n) is 7.12. The van der Waals surface area contributed by atoms with Gasteiger partial charge in [-0.05, 0) is 78.9 Å². The zero-order valence-corrected chi connectivity index (χ0v) is 9.18. The van der Waals surface area contributed by atoms with Crippen molar-refractivity contribution < 1.29 is 0 Å². The average molecular weight is 188 g/mol. The lowest BCUT2D eigenvalue weighted by molar-refractivity contribution is 0.0452. The number of hydrogen-bond acceptors (Lipinski definition) is 0. The Morgan fingerprint density at radius 2 is 1.86 bits per heavy atom. The molecule has 6 aliphatic carbocycles. The maximum Gasteiger partial charge on any atom is -0.0222 e. The quantitative estimate of drug-likeness (QED) is 0.621. The second-order valence-electron chi connectivity index (χ2n) is 7.74. The molecule has 0 saturated heterocycles. The van der Waals surface area contributed by atoms with Crippen molar-refractivity contribution in [2.45, 2.75) is 51.9 Å². The van der Waals surface area contributed by atoms with Gasteiger partial charge in [0, 0.05) is 0 Å². The van der Waals surface area contributed by atoms with E-state index < -0.39 is 0 Å². The van der Waals surface area contributed by atoms with Gasteiger partial charge in [0.15, 0.2) is 0 Å². The molecule has 2 bridgehead atoms. The fourth-order valence-corrected chi connectivity index (χ4v) is 6.46. The van der Waals surface area contributed by atoms with Crippen molar-refractivity contribution in [3.63, 3.8) is 0 Å². The Kier molecular flexibility index (Phi) is 0.845. The van der Waals surface area contributed by atoms with E-state index in [1.807, 2.05) is 0 Å². The molecule has 0 radical (unpaired) electrons. The van der Waals surface area contributed by atoms with Crippen molar-refractivity contribution in [2.24, 2.45) is 34.0 Å². The van der Waals surface area contributed by atoms with Gasteiger partial charge in [-0.3, -0.25) is 0 Å². The van der Waals surface area contributed by atoms with Gasteiger partial charge in [0.2, 0.25) is 0 Å². The SMILES string of the molecule is CC12CC1C1(CC34CCC(C3)C4)CC21. The molecular weight excluding hydrogens is 168 g/mol. The van der Waals surface area contributed by atoms with Gasteiger partial charge >= 0.3 is 0 Å². The van der Waals surface area contributed by atoms with Crippen LogP contribution >= 0.6 is 0 Å². The predicted molar refractivity (Wildman–Crippen MR) is 55.8 cm³/mol. The lowest BCUT2D eigenvalue weighted by atomic mass is 9.60. The zero-order chi connectivity index (χ0) is 9.18. The monoisotopic (exact) mass is 188 g/mol. The van der Waals surface area contributed by atoms with E-state index in [2.05, 4.69) is 6.92 Å². The Morgan fingerprint density at radius 1 is 1.07 bits per heavy atom.